The van der Waals surface area contributed by atoms with Gasteiger partial charge in [0.15, 0.2) is 0 Å². The van der Waals surface area contributed by atoms with Gasteiger partial charge in [0.25, 0.3) is 0 Å². The summed E-state index contributed by atoms with van der Waals surface area (Å²) < 4.78 is 0. The van der Waals surface area contributed by atoms with Crippen LogP contribution in [0.25, 0.3) is 0 Å². The number of rotatable bonds is 3. The van der Waals surface area contributed by atoms with Crippen molar-refractivity contribution in [3.05, 3.63) is 33.8 Å². The minimum absolute atomic E-state index is 0.163. The van der Waals surface area contributed by atoms with E-state index in [0.29, 0.717) is 10.0 Å². The normalized spacial score (nSPS) is 12.9. The third-order valence-electron chi connectivity index (χ3n) is 2.04. The minimum Gasteiger partial charge on any atom is -0.327 e. The first-order chi connectivity index (χ1) is 6.15. The van der Waals surface area contributed by atoms with E-state index in [9.17, 15) is 0 Å². The van der Waals surface area contributed by atoms with Gasteiger partial charge in [0.1, 0.15) is 0 Å². The second-order valence-electron chi connectivity index (χ2n) is 3.09. The lowest BCUT2D eigenvalue weighted by molar-refractivity contribution is 0.646. The highest BCUT2D eigenvalue weighted by Crippen LogP contribution is 2.26. The molecule has 0 aliphatic rings. The van der Waals surface area contributed by atoms with Crippen molar-refractivity contribution in [2.24, 2.45) is 5.73 Å². The van der Waals surface area contributed by atoms with Gasteiger partial charge in [0.05, 0.1) is 10.0 Å². The van der Waals surface area contributed by atoms with Crippen LogP contribution >= 0.6 is 23.2 Å². The molecule has 3 heteroatoms. The highest BCUT2D eigenvalue weighted by Gasteiger charge is 2.07. The Morgan fingerprint density at radius 3 is 2.69 bits per heavy atom. The summed E-state index contributed by atoms with van der Waals surface area (Å²) in [6.45, 7) is 2.06. The molecular weight excluding hydrogens is 205 g/mol. The van der Waals surface area contributed by atoms with E-state index in [4.69, 9.17) is 28.9 Å². The van der Waals surface area contributed by atoms with Crippen LogP contribution in [0, 0.1) is 0 Å². The zero-order valence-electron chi connectivity index (χ0n) is 7.56. The topological polar surface area (TPSA) is 26.0 Å². The SMILES string of the molecule is CCC(N)Cc1cccc(Cl)c1Cl. The van der Waals surface area contributed by atoms with Gasteiger partial charge in [-0.25, -0.2) is 0 Å². The van der Waals surface area contributed by atoms with Crippen molar-refractivity contribution in [3.63, 3.8) is 0 Å². The third-order valence-corrected chi connectivity index (χ3v) is 2.90. The fraction of sp³-hybridized carbons (Fsp3) is 0.400. The molecule has 0 heterocycles. The van der Waals surface area contributed by atoms with E-state index in [-0.39, 0.29) is 6.04 Å². The Kier molecular flexibility index (Phi) is 4.04. The molecule has 0 aliphatic heterocycles. The molecular formula is C10H13Cl2N. The van der Waals surface area contributed by atoms with Gasteiger partial charge in [-0.05, 0) is 24.5 Å². The summed E-state index contributed by atoms with van der Waals surface area (Å²) in [7, 11) is 0. The lowest BCUT2D eigenvalue weighted by Gasteiger charge is -2.10. The van der Waals surface area contributed by atoms with Gasteiger partial charge in [-0.15, -0.1) is 0 Å². The molecule has 0 saturated carbocycles. The first-order valence-corrected chi connectivity index (χ1v) is 5.09. The van der Waals surface area contributed by atoms with Crippen LogP contribution in [0.3, 0.4) is 0 Å². The van der Waals surface area contributed by atoms with Gasteiger partial charge in [0, 0.05) is 6.04 Å². The summed E-state index contributed by atoms with van der Waals surface area (Å²) in [5.74, 6) is 0. The van der Waals surface area contributed by atoms with Gasteiger partial charge >= 0.3 is 0 Å². The first kappa shape index (κ1) is 10.8. The first-order valence-electron chi connectivity index (χ1n) is 4.33. The number of benzene rings is 1. The summed E-state index contributed by atoms with van der Waals surface area (Å²) in [6.07, 6.45) is 1.73. The largest absolute Gasteiger partial charge is 0.327 e. The Bertz CT molecular complexity index is 286. The van der Waals surface area contributed by atoms with E-state index in [1.807, 2.05) is 12.1 Å². The van der Waals surface area contributed by atoms with Crippen LogP contribution in [0.2, 0.25) is 10.0 Å². The number of hydrogen-bond donors (Lipinski definition) is 1. The Labute approximate surface area is 88.8 Å². The summed E-state index contributed by atoms with van der Waals surface area (Å²) >= 11 is 11.9. The average molecular weight is 218 g/mol. The van der Waals surface area contributed by atoms with E-state index in [1.165, 1.54) is 0 Å². The van der Waals surface area contributed by atoms with Crippen molar-refractivity contribution < 1.29 is 0 Å². The monoisotopic (exact) mass is 217 g/mol. The minimum atomic E-state index is 0.163. The molecule has 0 spiro atoms. The molecule has 0 aliphatic carbocycles. The molecule has 13 heavy (non-hydrogen) atoms. The predicted molar refractivity (Wildman–Crippen MR) is 58.4 cm³/mol. The molecule has 2 N–H and O–H groups in total. The van der Waals surface area contributed by atoms with E-state index in [2.05, 4.69) is 6.92 Å². The summed E-state index contributed by atoms with van der Waals surface area (Å²) in [5, 5.41) is 1.23. The number of hydrogen-bond acceptors (Lipinski definition) is 1. The highest BCUT2D eigenvalue weighted by atomic mass is 35.5. The van der Waals surface area contributed by atoms with Crippen molar-refractivity contribution in [1.29, 1.82) is 0 Å². The average Bonchev–Trinajstić information content (AvgIpc) is 2.13. The van der Waals surface area contributed by atoms with Crippen molar-refractivity contribution in [3.8, 4) is 0 Å². The zero-order chi connectivity index (χ0) is 9.84. The van der Waals surface area contributed by atoms with Crippen LogP contribution in [-0.2, 0) is 6.42 Å². The van der Waals surface area contributed by atoms with E-state index in [1.54, 1.807) is 6.07 Å². The van der Waals surface area contributed by atoms with Gasteiger partial charge in [-0.1, -0.05) is 42.3 Å². The molecule has 1 atom stereocenters. The van der Waals surface area contributed by atoms with Gasteiger partial charge < -0.3 is 5.73 Å². The molecule has 1 aromatic rings. The summed E-state index contributed by atoms with van der Waals surface area (Å²) in [6, 6.07) is 5.80. The predicted octanol–water partition coefficient (Wildman–Crippen LogP) is 3.27. The summed E-state index contributed by atoms with van der Waals surface area (Å²) in [4.78, 5) is 0. The maximum Gasteiger partial charge on any atom is 0.0624 e. The molecule has 1 unspecified atom stereocenters. The fourth-order valence-electron chi connectivity index (χ4n) is 1.13. The smallest absolute Gasteiger partial charge is 0.0624 e. The highest BCUT2D eigenvalue weighted by molar-refractivity contribution is 6.42. The standard InChI is InChI=1S/C10H13Cl2N/c1-2-8(13)6-7-4-3-5-9(11)10(7)12/h3-5,8H,2,6,13H2,1H3. The zero-order valence-corrected chi connectivity index (χ0v) is 9.07. The molecule has 0 saturated heterocycles. The van der Waals surface area contributed by atoms with Crippen molar-refractivity contribution >= 4 is 23.2 Å². The third kappa shape index (κ3) is 2.87. The van der Waals surface area contributed by atoms with Crippen molar-refractivity contribution in [1.82, 2.24) is 0 Å². The molecule has 0 radical (unpaired) electrons. The Balaban J connectivity index is 2.83. The summed E-state index contributed by atoms with van der Waals surface area (Å²) in [5.41, 5.74) is 6.85. The van der Waals surface area contributed by atoms with E-state index >= 15 is 0 Å². The Morgan fingerprint density at radius 2 is 2.08 bits per heavy atom. The lowest BCUT2D eigenvalue weighted by atomic mass is 10.1. The van der Waals surface area contributed by atoms with Crippen LogP contribution in [0.15, 0.2) is 18.2 Å². The maximum absolute atomic E-state index is 6.01. The van der Waals surface area contributed by atoms with Crippen LogP contribution in [0.5, 0.6) is 0 Å². The molecule has 1 rings (SSSR count). The van der Waals surface area contributed by atoms with E-state index in [0.717, 1.165) is 18.4 Å². The molecule has 0 amide bonds. The second kappa shape index (κ2) is 4.85. The maximum atomic E-state index is 6.01. The van der Waals surface area contributed by atoms with Crippen LogP contribution < -0.4 is 5.73 Å². The molecule has 0 fully saturated rings. The lowest BCUT2D eigenvalue weighted by Crippen LogP contribution is -2.21. The number of halogens is 2. The van der Waals surface area contributed by atoms with Crippen LogP contribution in [0.1, 0.15) is 18.9 Å². The van der Waals surface area contributed by atoms with Gasteiger partial charge in [0.2, 0.25) is 0 Å². The van der Waals surface area contributed by atoms with E-state index < -0.39 is 0 Å². The number of nitrogens with two attached hydrogens (primary N) is 1. The quantitative estimate of drug-likeness (QED) is 0.827. The van der Waals surface area contributed by atoms with Gasteiger partial charge in [-0.2, -0.15) is 0 Å². The molecule has 0 bridgehead atoms. The van der Waals surface area contributed by atoms with Crippen molar-refractivity contribution in [2.45, 2.75) is 25.8 Å². The Morgan fingerprint density at radius 1 is 1.38 bits per heavy atom. The Hall–Kier alpha value is -0.240. The molecule has 1 aromatic carbocycles. The van der Waals surface area contributed by atoms with Crippen LogP contribution in [0.4, 0.5) is 0 Å². The fourth-order valence-corrected chi connectivity index (χ4v) is 1.53. The molecule has 1 nitrogen and oxygen atoms in total. The van der Waals surface area contributed by atoms with Gasteiger partial charge in [-0.3, -0.25) is 0 Å². The molecule has 0 aromatic heterocycles. The second-order valence-corrected chi connectivity index (χ2v) is 3.87. The van der Waals surface area contributed by atoms with Crippen molar-refractivity contribution in [2.75, 3.05) is 0 Å². The molecule has 72 valence electrons. The van der Waals surface area contributed by atoms with Crippen LogP contribution in [-0.4, -0.2) is 6.04 Å².